The number of rotatable bonds is 4. The topological polar surface area (TPSA) is 51.2 Å². The van der Waals surface area contributed by atoms with Gasteiger partial charge in [-0.15, -0.1) is 0 Å². The first kappa shape index (κ1) is 14.3. The third-order valence-electron chi connectivity index (χ3n) is 2.77. The van der Waals surface area contributed by atoms with Crippen LogP contribution in [0.25, 0.3) is 10.9 Å². The summed E-state index contributed by atoms with van der Waals surface area (Å²) in [6.07, 6.45) is 1.72. The van der Waals surface area contributed by atoms with Crippen LogP contribution in [0.1, 0.15) is 20.8 Å². The van der Waals surface area contributed by atoms with E-state index in [0.717, 1.165) is 10.9 Å². The van der Waals surface area contributed by atoms with Crippen LogP contribution in [-0.4, -0.2) is 24.0 Å². The van der Waals surface area contributed by atoms with E-state index in [9.17, 15) is 4.79 Å². The molecule has 1 heterocycles. The molecule has 4 nitrogen and oxygen atoms in total. The molecule has 1 amide bonds. The molecule has 0 fully saturated rings. The van der Waals surface area contributed by atoms with Gasteiger partial charge >= 0.3 is 0 Å². The maximum atomic E-state index is 11.7. The van der Waals surface area contributed by atoms with Crippen LogP contribution < -0.4 is 10.1 Å². The van der Waals surface area contributed by atoms with Crippen LogP contribution in [0.2, 0.25) is 0 Å². The van der Waals surface area contributed by atoms with Crippen molar-refractivity contribution in [3.8, 4) is 5.75 Å². The highest BCUT2D eigenvalue weighted by molar-refractivity contribution is 5.85. The Bertz CT molecular complexity index is 597. The molecule has 0 aliphatic carbocycles. The maximum Gasteiger partial charge on any atom is 0.257 e. The minimum atomic E-state index is -0.118. The number of amides is 1. The summed E-state index contributed by atoms with van der Waals surface area (Å²) in [7, 11) is 0. The highest BCUT2D eigenvalue weighted by atomic mass is 16.5. The molecule has 0 atom stereocenters. The van der Waals surface area contributed by atoms with Gasteiger partial charge < -0.3 is 10.1 Å². The van der Waals surface area contributed by atoms with Crippen molar-refractivity contribution in [2.45, 2.75) is 20.8 Å². The number of pyridine rings is 1. The predicted octanol–water partition coefficient (Wildman–Crippen LogP) is 2.78. The van der Waals surface area contributed by atoms with Gasteiger partial charge in [-0.25, -0.2) is 0 Å². The van der Waals surface area contributed by atoms with Gasteiger partial charge in [0.1, 0.15) is 11.3 Å². The standard InChI is InChI=1S/C16H20N2O2/c1-16(2,3)11-18-14(19)10-20-13-8-4-6-12-7-5-9-17-15(12)13/h4-9H,10-11H2,1-3H3,(H,18,19). The molecule has 0 aliphatic heterocycles. The van der Waals surface area contributed by atoms with Crippen LogP contribution in [0.4, 0.5) is 0 Å². The maximum absolute atomic E-state index is 11.7. The van der Waals surface area contributed by atoms with Gasteiger partial charge in [-0.2, -0.15) is 0 Å². The Morgan fingerprint density at radius 1 is 1.25 bits per heavy atom. The predicted molar refractivity (Wildman–Crippen MR) is 79.7 cm³/mol. The molecule has 0 radical (unpaired) electrons. The lowest BCUT2D eigenvalue weighted by molar-refractivity contribution is -0.123. The second-order valence-electron chi connectivity index (χ2n) is 5.96. The van der Waals surface area contributed by atoms with E-state index in [1.54, 1.807) is 6.20 Å². The molecule has 20 heavy (non-hydrogen) atoms. The summed E-state index contributed by atoms with van der Waals surface area (Å²) in [6, 6.07) is 9.53. The largest absolute Gasteiger partial charge is 0.481 e. The Labute approximate surface area is 119 Å². The Morgan fingerprint density at radius 2 is 2.00 bits per heavy atom. The molecular formula is C16H20N2O2. The van der Waals surface area contributed by atoms with Crippen molar-refractivity contribution in [3.05, 3.63) is 36.5 Å². The monoisotopic (exact) mass is 272 g/mol. The minimum absolute atomic E-state index is 0.00572. The van der Waals surface area contributed by atoms with Gasteiger partial charge in [-0.1, -0.05) is 39.0 Å². The van der Waals surface area contributed by atoms with E-state index in [-0.39, 0.29) is 17.9 Å². The number of nitrogens with one attached hydrogen (secondary N) is 1. The molecule has 2 aromatic rings. The van der Waals surface area contributed by atoms with Gasteiger partial charge in [0, 0.05) is 18.1 Å². The highest BCUT2D eigenvalue weighted by Gasteiger charge is 2.12. The number of fused-ring (bicyclic) bond motifs is 1. The van der Waals surface area contributed by atoms with E-state index < -0.39 is 0 Å². The van der Waals surface area contributed by atoms with Gasteiger partial charge in [-0.05, 0) is 17.5 Å². The van der Waals surface area contributed by atoms with Crippen molar-refractivity contribution in [2.75, 3.05) is 13.2 Å². The quantitative estimate of drug-likeness (QED) is 0.931. The molecule has 0 unspecified atom stereocenters. The summed E-state index contributed by atoms with van der Waals surface area (Å²) in [6.45, 7) is 6.85. The van der Waals surface area contributed by atoms with E-state index in [2.05, 4.69) is 31.1 Å². The van der Waals surface area contributed by atoms with Crippen LogP contribution >= 0.6 is 0 Å². The van der Waals surface area contributed by atoms with Crippen molar-refractivity contribution in [2.24, 2.45) is 5.41 Å². The van der Waals surface area contributed by atoms with Crippen molar-refractivity contribution < 1.29 is 9.53 Å². The van der Waals surface area contributed by atoms with Crippen LogP contribution in [0.15, 0.2) is 36.5 Å². The van der Waals surface area contributed by atoms with Crippen LogP contribution in [-0.2, 0) is 4.79 Å². The van der Waals surface area contributed by atoms with Crippen LogP contribution in [0.5, 0.6) is 5.75 Å². The Kier molecular flexibility index (Phi) is 4.23. The van der Waals surface area contributed by atoms with Gasteiger partial charge in [0.25, 0.3) is 5.91 Å². The van der Waals surface area contributed by atoms with Gasteiger partial charge in [0.15, 0.2) is 6.61 Å². The molecule has 0 aliphatic rings. The number of ether oxygens (including phenoxy) is 1. The number of aromatic nitrogens is 1. The number of hydrogen-bond acceptors (Lipinski definition) is 3. The summed E-state index contributed by atoms with van der Waals surface area (Å²) >= 11 is 0. The zero-order valence-electron chi connectivity index (χ0n) is 12.1. The average Bonchev–Trinajstić information content (AvgIpc) is 2.42. The van der Waals surface area contributed by atoms with Crippen molar-refractivity contribution in [1.82, 2.24) is 10.3 Å². The number of benzene rings is 1. The lowest BCUT2D eigenvalue weighted by atomic mass is 9.97. The average molecular weight is 272 g/mol. The minimum Gasteiger partial charge on any atom is -0.481 e. The molecule has 4 heteroatoms. The zero-order chi connectivity index (χ0) is 14.6. The summed E-state index contributed by atoms with van der Waals surface area (Å²) in [5.74, 6) is 0.516. The molecule has 1 aromatic carbocycles. The smallest absolute Gasteiger partial charge is 0.257 e. The number of nitrogens with zero attached hydrogens (tertiary/aromatic N) is 1. The van der Waals surface area contributed by atoms with Crippen molar-refractivity contribution in [1.29, 1.82) is 0 Å². The molecule has 0 saturated carbocycles. The lowest BCUT2D eigenvalue weighted by Crippen LogP contribution is -2.35. The first-order valence-corrected chi connectivity index (χ1v) is 6.69. The van der Waals surface area contributed by atoms with E-state index in [1.807, 2.05) is 30.3 Å². The fourth-order valence-electron chi connectivity index (χ4n) is 1.75. The first-order chi connectivity index (χ1) is 9.46. The fourth-order valence-corrected chi connectivity index (χ4v) is 1.75. The number of carbonyl (C=O) groups excluding carboxylic acids is 1. The van der Waals surface area contributed by atoms with E-state index in [4.69, 9.17) is 4.74 Å². The van der Waals surface area contributed by atoms with E-state index in [0.29, 0.717) is 12.3 Å². The van der Waals surface area contributed by atoms with Gasteiger partial charge in [-0.3, -0.25) is 9.78 Å². The summed E-state index contributed by atoms with van der Waals surface area (Å²) in [5.41, 5.74) is 0.843. The molecule has 0 saturated heterocycles. The normalized spacial score (nSPS) is 11.3. The molecule has 1 aromatic heterocycles. The molecule has 106 valence electrons. The Hall–Kier alpha value is -2.10. The first-order valence-electron chi connectivity index (χ1n) is 6.69. The van der Waals surface area contributed by atoms with Crippen LogP contribution in [0.3, 0.4) is 0 Å². The number of carbonyl (C=O) groups is 1. The zero-order valence-corrected chi connectivity index (χ0v) is 12.1. The summed E-state index contributed by atoms with van der Waals surface area (Å²) in [5, 5.41) is 3.86. The fraction of sp³-hybridized carbons (Fsp3) is 0.375. The number of para-hydroxylation sites is 1. The molecule has 0 spiro atoms. The molecule has 0 bridgehead atoms. The second kappa shape index (κ2) is 5.90. The number of hydrogen-bond donors (Lipinski definition) is 1. The Morgan fingerprint density at radius 3 is 2.75 bits per heavy atom. The van der Waals surface area contributed by atoms with Crippen molar-refractivity contribution in [3.63, 3.8) is 0 Å². The summed E-state index contributed by atoms with van der Waals surface area (Å²) < 4.78 is 5.57. The SMILES string of the molecule is CC(C)(C)CNC(=O)COc1cccc2cccnc12. The highest BCUT2D eigenvalue weighted by Crippen LogP contribution is 2.22. The van der Waals surface area contributed by atoms with E-state index >= 15 is 0 Å². The van der Waals surface area contributed by atoms with Gasteiger partial charge in [0.05, 0.1) is 0 Å². The van der Waals surface area contributed by atoms with E-state index in [1.165, 1.54) is 0 Å². The second-order valence-corrected chi connectivity index (χ2v) is 5.96. The lowest BCUT2D eigenvalue weighted by Gasteiger charge is -2.18. The van der Waals surface area contributed by atoms with Crippen molar-refractivity contribution >= 4 is 16.8 Å². The molecule has 1 N–H and O–H groups in total. The third kappa shape index (κ3) is 3.95. The van der Waals surface area contributed by atoms with Crippen LogP contribution in [0, 0.1) is 5.41 Å². The Balaban J connectivity index is 1.98. The molecule has 2 rings (SSSR count). The summed E-state index contributed by atoms with van der Waals surface area (Å²) in [4.78, 5) is 16.0. The van der Waals surface area contributed by atoms with Gasteiger partial charge in [0.2, 0.25) is 0 Å². The third-order valence-corrected chi connectivity index (χ3v) is 2.77. The molecular weight excluding hydrogens is 252 g/mol.